The molecule has 2 fully saturated rings. The van der Waals surface area contributed by atoms with Crippen molar-refractivity contribution in [2.75, 3.05) is 13.1 Å². The van der Waals surface area contributed by atoms with Crippen LogP contribution in [0.15, 0.2) is 29.4 Å². The smallest absolute Gasteiger partial charge is 0.433 e. The van der Waals surface area contributed by atoms with Crippen molar-refractivity contribution in [3.05, 3.63) is 46.9 Å². The van der Waals surface area contributed by atoms with Gasteiger partial charge in [-0.15, -0.1) is 0 Å². The second kappa shape index (κ2) is 7.25. The van der Waals surface area contributed by atoms with Crippen molar-refractivity contribution >= 4 is 17.6 Å². The van der Waals surface area contributed by atoms with E-state index in [0.717, 1.165) is 6.07 Å². The quantitative estimate of drug-likeness (QED) is 0.609. The number of hydrogen-bond donors (Lipinski definition) is 1. The number of halogens is 5. The number of aromatic nitrogens is 2. The van der Waals surface area contributed by atoms with Gasteiger partial charge in [-0.25, -0.2) is 23.7 Å². The highest BCUT2D eigenvalue weighted by atomic mass is 19.4. The average Bonchev–Trinajstić information content (AvgIpc) is 3.34. The van der Waals surface area contributed by atoms with Crippen LogP contribution in [0.5, 0.6) is 5.88 Å². The number of carbonyl (C=O) groups is 1. The van der Waals surface area contributed by atoms with E-state index >= 15 is 0 Å². The molecule has 2 saturated heterocycles. The molecule has 0 spiro atoms. The lowest BCUT2D eigenvalue weighted by Crippen LogP contribution is -2.45. The number of hydrogen-bond acceptors (Lipinski definition) is 7. The SMILES string of the molecule is NC1=Nc2cnc(C(=O)N3CCC[C@@H]4Oc5nc(C(F)(F)F)ccc5[C@@H]43)cc2[C@H]2CC(F)(F)CN12. The van der Waals surface area contributed by atoms with E-state index in [1.54, 1.807) is 0 Å². The Bertz CT molecular complexity index is 1270. The van der Waals surface area contributed by atoms with Gasteiger partial charge in [-0.2, -0.15) is 13.2 Å². The summed E-state index contributed by atoms with van der Waals surface area (Å²) in [5.74, 6) is -3.59. The standard InChI is InChI=1S/C22H19F5N6O2/c23-21(24)7-14-11-6-12(29-8-13(11)30-20(28)33(14)9-21)19(34)32-5-1-2-15-17(32)10-3-4-16(22(25,26)27)31-18(10)35-15/h3-4,6,8,14-15,17H,1-2,5,7,9H2,(H2,28,30)/t14-,15+,17+/m1/s1. The first kappa shape index (κ1) is 22.0. The summed E-state index contributed by atoms with van der Waals surface area (Å²) in [6.07, 6.45) is -3.17. The summed E-state index contributed by atoms with van der Waals surface area (Å²) in [6, 6.07) is 2.26. The maximum Gasteiger partial charge on any atom is 0.433 e. The number of likely N-dealkylation sites (tertiary alicyclic amines) is 1. The minimum absolute atomic E-state index is 0.0233. The van der Waals surface area contributed by atoms with Gasteiger partial charge in [0.15, 0.2) is 5.96 Å². The highest BCUT2D eigenvalue weighted by Crippen LogP contribution is 2.47. The zero-order valence-electron chi connectivity index (χ0n) is 18.1. The molecule has 2 N–H and O–H groups in total. The van der Waals surface area contributed by atoms with E-state index in [9.17, 15) is 26.7 Å². The van der Waals surface area contributed by atoms with Crippen LogP contribution >= 0.6 is 0 Å². The highest BCUT2D eigenvalue weighted by molar-refractivity contribution is 5.94. The predicted molar refractivity (Wildman–Crippen MR) is 111 cm³/mol. The van der Waals surface area contributed by atoms with E-state index in [1.165, 1.54) is 28.1 Å². The molecule has 6 heterocycles. The zero-order valence-corrected chi connectivity index (χ0v) is 18.1. The van der Waals surface area contributed by atoms with Gasteiger partial charge in [0.1, 0.15) is 17.5 Å². The Hall–Kier alpha value is -3.51. The Kier molecular flexibility index (Phi) is 4.55. The fourth-order valence-corrected chi connectivity index (χ4v) is 5.36. The molecule has 1 amide bonds. The third kappa shape index (κ3) is 3.47. The van der Waals surface area contributed by atoms with E-state index < -0.39 is 54.9 Å². The molecule has 0 radical (unpaired) electrons. The Morgan fingerprint density at radius 3 is 2.80 bits per heavy atom. The summed E-state index contributed by atoms with van der Waals surface area (Å²) in [7, 11) is 0. The van der Waals surface area contributed by atoms with Gasteiger partial charge in [0, 0.05) is 24.1 Å². The van der Waals surface area contributed by atoms with Gasteiger partial charge in [0.2, 0.25) is 5.88 Å². The van der Waals surface area contributed by atoms with Crippen molar-refractivity contribution in [2.45, 2.75) is 49.5 Å². The van der Waals surface area contributed by atoms with Crippen LogP contribution in [0, 0.1) is 0 Å². The average molecular weight is 494 g/mol. The molecule has 0 aliphatic carbocycles. The summed E-state index contributed by atoms with van der Waals surface area (Å²) < 4.78 is 73.2. The van der Waals surface area contributed by atoms with Crippen molar-refractivity contribution in [1.29, 1.82) is 0 Å². The number of aliphatic imine (C=N–C) groups is 1. The number of carbonyl (C=O) groups excluding carboxylic acids is 1. The largest absolute Gasteiger partial charge is 0.472 e. The van der Waals surface area contributed by atoms with Crippen LogP contribution in [-0.4, -0.2) is 56.8 Å². The number of piperidine rings is 1. The lowest BCUT2D eigenvalue weighted by molar-refractivity contribution is -0.141. The second-order valence-corrected chi connectivity index (χ2v) is 9.13. The topological polar surface area (TPSA) is 96.9 Å². The van der Waals surface area contributed by atoms with E-state index in [0.29, 0.717) is 36.2 Å². The molecule has 4 aliphatic heterocycles. The number of nitrogens with two attached hydrogens (primary N) is 1. The number of alkyl halides is 5. The molecule has 0 unspecified atom stereocenters. The monoisotopic (exact) mass is 494 g/mol. The third-order valence-corrected chi connectivity index (χ3v) is 6.89. The van der Waals surface area contributed by atoms with Gasteiger partial charge in [-0.05, 0) is 31.0 Å². The fraction of sp³-hybridized carbons (Fsp3) is 0.455. The lowest BCUT2D eigenvalue weighted by atomic mass is 9.94. The normalized spacial score (nSPS) is 26.3. The third-order valence-electron chi connectivity index (χ3n) is 6.89. The molecular weight excluding hydrogens is 475 g/mol. The summed E-state index contributed by atoms with van der Waals surface area (Å²) in [5, 5.41) is 0. The predicted octanol–water partition coefficient (Wildman–Crippen LogP) is 3.58. The van der Waals surface area contributed by atoms with Crippen molar-refractivity contribution < 1.29 is 31.5 Å². The maximum absolute atomic E-state index is 14.1. The Balaban J connectivity index is 1.34. The van der Waals surface area contributed by atoms with E-state index in [2.05, 4.69) is 15.0 Å². The Morgan fingerprint density at radius 2 is 2.03 bits per heavy atom. The number of nitrogens with zero attached hydrogens (tertiary/aromatic N) is 5. The number of fused-ring (bicyclic) bond motifs is 6. The number of rotatable bonds is 1. The van der Waals surface area contributed by atoms with Gasteiger partial charge >= 0.3 is 6.18 Å². The van der Waals surface area contributed by atoms with Gasteiger partial charge in [0.25, 0.3) is 11.8 Å². The van der Waals surface area contributed by atoms with Crippen molar-refractivity contribution in [3.63, 3.8) is 0 Å². The van der Waals surface area contributed by atoms with E-state index in [1.807, 2.05) is 0 Å². The van der Waals surface area contributed by atoms with Gasteiger partial charge < -0.3 is 20.3 Å². The van der Waals surface area contributed by atoms with Crippen molar-refractivity contribution in [2.24, 2.45) is 10.7 Å². The molecule has 35 heavy (non-hydrogen) atoms. The van der Waals surface area contributed by atoms with E-state index in [4.69, 9.17) is 10.5 Å². The molecule has 8 nitrogen and oxygen atoms in total. The molecule has 0 bridgehead atoms. The molecule has 0 saturated carbocycles. The van der Waals surface area contributed by atoms with Crippen LogP contribution in [0.1, 0.15) is 58.7 Å². The lowest BCUT2D eigenvalue weighted by Gasteiger charge is -2.36. The molecule has 6 rings (SSSR count). The highest BCUT2D eigenvalue weighted by Gasteiger charge is 2.49. The van der Waals surface area contributed by atoms with Gasteiger partial charge in [-0.1, -0.05) is 0 Å². The van der Waals surface area contributed by atoms with Crippen LogP contribution in [0.2, 0.25) is 0 Å². The molecule has 13 heteroatoms. The minimum atomic E-state index is -4.62. The first-order valence-corrected chi connectivity index (χ1v) is 11.1. The number of pyridine rings is 2. The van der Waals surface area contributed by atoms with Gasteiger partial charge in [0.05, 0.1) is 30.5 Å². The Labute approximate surface area is 195 Å². The first-order chi connectivity index (χ1) is 16.5. The molecule has 4 aliphatic rings. The molecule has 2 aromatic heterocycles. The summed E-state index contributed by atoms with van der Waals surface area (Å²) in [5.41, 5.74) is 5.98. The zero-order chi connectivity index (χ0) is 24.7. The minimum Gasteiger partial charge on any atom is -0.472 e. The van der Waals surface area contributed by atoms with Crippen LogP contribution < -0.4 is 10.5 Å². The molecule has 184 valence electrons. The fourth-order valence-electron chi connectivity index (χ4n) is 5.36. The first-order valence-electron chi connectivity index (χ1n) is 11.1. The summed E-state index contributed by atoms with van der Waals surface area (Å²) in [4.78, 5) is 28.3. The number of guanidine groups is 1. The molecule has 3 atom stereocenters. The number of amides is 1. The van der Waals surface area contributed by atoms with Crippen molar-refractivity contribution in [3.8, 4) is 5.88 Å². The molecular formula is C22H19F5N6O2. The molecule has 0 aromatic carbocycles. The Morgan fingerprint density at radius 1 is 1.23 bits per heavy atom. The summed E-state index contributed by atoms with van der Waals surface area (Å²) in [6.45, 7) is -0.226. The van der Waals surface area contributed by atoms with Crippen LogP contribution in [0.25, 0.3) is 0 Å². The van der Waals surface area contributed by atoms with Gasteiger partial charge in [-0.3, -0.25) is 4.79 Å². The molecule has 2 aromatic rings. The van der Waals surface area contributed by atoms with Crippen LogP contribution in [0.4, 0.5) is 27.6 Å². The second-order valence-electron chi connectivity index (χ2n) is 9.13. The van der Waals surface area contributed by atoms with E-state index in [-0.39, 0.29) is 17.5 Å². The van der Waals surface area contributed by atoms with Crippen LogP contribution in [-0.2, 0) is 6.18 Å². The number of ether oxygens (including phenoxy) is 1. The van der Waals surface area contributed by atoms with Crippen molar-refractivity contribution in [1.82, 2.24) is 19.8 Å². The van der Waals surface area contributed by atoms with Crippen LogP contribution in [0.3, 0.4) is 0 Å². The summed E-state index contributed by atoms with van der Waals surface area (Å²) >= 11 is 0. The maximum atomic E-state index is 14.1.